The number of nitrogen functional groups attached to an aromatic ring is 1. The van der Waals surface area contributed by atoms with Crippen LogP contribution in [0.15, 0.2) is 66.7 Å². The maximum Gasteiger partial charge on any atom is 0.416 e. The second-order valence-corrected chi connectivity index (χ2v) is 12.0. The number of nitrogens with two attached hydrogens (primary N) is 1. The minimum atomic E-state index is -5.06. The molecule has 0 aliphatic carbocycles. The van der Waals surface area contributed by atoms with E-state index in [0.717, 1.165) is 22.3 Å². The monoisotopic (exact) mass is 690 g/mol. The van der Waals surface area contributed by atoms with Gasteiger partial charge in [-0.25, -0.2) is 9.59 Å². The van der Waals surface area contributed by atoms with Crippen LogP contribution >= 0.6 is 11.6 Å². The van der Waals surface area contributed by atoms with Crippen molar-refractivity contribution in [3.8, 4) is 22.3 Å². The number of benzene rings is 4. The Morgan fingerprint density at radius 2 is 1.56 bits per heavy atom. The van der Waals surface area contributed by atoms with Crippen molar-refractivity contribution >= 4 is 29.4 Å². The van der Waals surface area contributed by atoms with Gasteiger partial charge in [0.2, 0.25) is 0 Å². The number of esters is 1. The van der Waals surface area contributed by atoms with E-state index in [2.05, 4.69) is 0 Å². The van der Waals surface area contributed by atoms with Crippen molar-refractivity contribution in [2.45, 2.75) is 51.8 Å². The molecule has 4 aromatic rings. The summed E-state index contributed by atoms with van der Waals surface area (Å²) < 4.78 is 91.6. The smallest absolute Gasteiger partial charge is 0.416 e. The first-order valence-electron chi connectivity index (χ1n) is 14.5. The number of halogens is 7. The molecule has 5 rings (SSSR count). The molecule has 48 heavy (non-hydrogen) atoms. The van der Waals surface area contributed by atoms with Crippen LogP contribution in [0.25, 0.3) is 22.3 Å². The quantitative estimate of drug-likeness (QED) is 0.124. The van der Waals surface area contributed by atoms with Gasteiger partial charge in [0.25, 0.3) is 0 Å². The Hall–Kier alpha value is -4.71. The summed E-state index contributed by atoms with van der Waals surface area (Å²) in [4.78, 5) is 26.4. The predicted octanol–water partition coefficient (Wildman–Crippen LogP) is 9.78. The highest BCUT2D eigenvalue weighted by Crippen LogP contribution is 2.43. The second-order valence-electron chi connectivity index (χ2n) is 11.6. The fourth-order valence-corrected chi connectivity index (χ4v) is 6.16. The zero-order valence-electron chi connectivity index (χ0n) is 26.0. The molecule has 6 nitrogen and oxygen atoms in total. The summed E-state index contributed by atoms with van der Waals surface area (Å²) in [5, 5.41) is 0.331. The topological polar surface area (TPSA) is 81.9 Å². The summed E-state index contributed by atoms with van der Waals surface area (Å²) in [7, 11) is 1.29. The van der Waals surface area contributed by atoms with Gasteiger partial charge in [-0.3, -0.25) is 4.90 Å². The molecule has 0 unspecified atom stereocenters. The second kappa shape index (κ2) is 12.7. The summed E-state index contributed by atoms with van der Waals surface area (Å²) in [6.07, 6.45) is -12.5. The third-order valence-corrected chi connectivity index (χ3v) is 8.59. The molecule has 1 aliphatic rings. The largest absolute Gasteiger partial charge is 0.465 e. The molecule has 1 saturated heterocycles. The summed E-state index contributed by atoms with van der Waals surface area (Å²) in [5.41, 5.74) is 8.36. The van der Waals surface area contributed by atoms with Gasteiger partial charge < -0.3 is 15.2 Å². The molecular formula is C35H29ClF6N2O4. The van der Waals surface area contributed by atoms with E-state index in [0.29, 0.717) is 45.1 Å². The lowest BCUT2D eigenvalue weighted by Crippen LogP contribution is -2.31. The zero-order chi connectivity index (χ0) is 35.3. The van der Waals surface area contributed by atoms with Crippen LogP contribution < -0.4 is 5.73 Å². The number of alkyl halides is 6. The van der Waals surface area contributed by atoms with Gasteiger partial charge in [-0.2, -0.15) is 26.3 Å². The van der Waals surface area contributed by atoms with Gasteiger partial charge >= 0.3 is 24.4 Å². The van der Waals surface area contributed by atoms with Crippen molar-refractivity contribution in [2.24, 2.45) is 0 Å². The van der Waals surface area contributed by atoms with Crippen molar-refractivity contribution in [3.63, 3.8) is 0 Å². The van der Waals surface area contributed by atoms with E-state index in [1.54, 1.807) is 49.4 Å². The van der Waals surface area contributed by atoms with E-state index in [-0.39, 0.29) is 12.6 Å². The summed E-state index contributed by atoms with van der Waals surface area (Å²) in [5.74, 6) is -0.482. The number of rotatable bonds is 6. The van der Waals surface area contributed by atoms with Crippen molar-refractivity contribution in [1.82, 2.24) is 4.90 Å². The first-order chi connectivity index (χ1) is 22.4. The van der Waals surface area contributed by atoms with Crippen LogP contribution in [0, 0.1) is 13.8 Å². The Morgan fingerprint density at radius 1 is 0.917 bits per heavy atom. The number of nitrogens with zero attached hydrogens (tertiary/aromatic N) is 1. The van der Waals surface area contributed by atoms with E-state index in [9.17, 15) is 35.9 Å². The highest BCUT2D eigenvalue weighted by molar-refractivity contribution is 6.33. The number of anilines is 1. The number of carbonyl (C=O) groups is 2. The number of hydrogen-bond acceptors (Lipinski definition) is 5. The SMILES string of the molecule is COC(=O)c1ccc(-c2ccc(Cl)c(-c3c(N)cc(C)cc3CN3C(=O)O[C@H](c4cc(C(F)(F)F)cc(C(F)(F)F)c4)[C@@H]3C)c2)c(C)c1. The Balaban J connectivity index is 1.54. The Morgan fingerprint density at radius 3 is 2.15 bits per heavy atom. The minimum Gasteiger partial charge on any atom is -0.465 e. The molecule has 1 heterocycles. The molecule has 4 aromatic carbocycles. The van der Waals surface area contributed by atoms with Gasteiger partial charge in [0.15, 0.2) is 0 Å². The van der Waals surface area contributed by atoms with Crippen molar-refractivity contribution in [2.75, 3.05) is 12.8 Å². The maximum absolute atomic E-state index is 13.6. The highest BCUT2D eigenvalue weighted by atomic mass is 35.5. The number of hydrogen-bond donors (Lipinski definition) is 1. The summed E-state index contributed by atoms with van der Waals surface area (Å²) in [6.45, 7) is 4.96. The third kappa shape index (κ3) is 6.80. The molecule has 0 aromatic heterocycles. The molecule has 1 amide bonds. The molecular weight excluding hydrogens is 662 g/mol. The standard InChI is InChI=1S/C35H29ClF6N2O4/c1-17-9-23(16-44-19(3)31(48-33(44)46)22-12-24(34(37,38)39)15-25(13-22)35(40,41)42)30(29(43)10-17)27-14-20(6-8-28(27)36)26-7-5-21(11-18(26)2)32(45)47-4/h5-15,19,31H,16,43H2,1-4H3/t19-,31-/m0/s1. The number of amides is 1. The van der Waals surface area contributed by atoms with Crippen molar-refractivity contribution in [1.29, 1.82) is 0 Å². The van der Waals surface area contributed by atoms with E-state index in [1.165, 1.54) is 18.9 Å². The van der Waals surface area contributed by atoms with Crippen molar-refractivity contribution < 1.29 is 45.4 Å². The molecule has 1 fully saturated rings. The van der Waals surface area contributed by atoms with Gasteiger partial charge in [0.1, 0.15) is 6.10 Å². The molecule has 13 heteroatoms. The molecule has 0 bridgehead atoms. The Labute approximate surface area is 277 Å². The van der Waals surface area contributed by atoms with Crippen LogP contribution in [-0.2, 0) is 28.4 Å². The lowest BCUT2D eigenvalue weighted by Gasteiger charge is -2.24. The van der Waals surface area contributed by atoms with Crippen LogP contribution in [0.2, 0.25) is 5.02 Å². The maximum atomic E-state index is 13.6. The average molecular weight is 691 g/mol. The Bertz CT molecular complexity index is 1890. The number of cyclic esters (lactones) is 1. The normalized spacial score (nSPS) is 16.6. The molecule has 252 valence electrons. The van der Waals surface area contributed by atoms with E-state index in [4.69, 9.17) is 26.8 Å². The predicted molar refractivity (Wildman–Crippen MR) is 168 cm³/mol. The van der Waals surface area contributed by atoms with Gasteiger partial charge in [-0.1, -0.05) is 29.8 Å². The summed E-state index contributed by atoms with van der Waals surface area (Å²) >= 11 is 6.70. The van der Waals surface area contributed by atoms with Crippen LogP contribution in [-0.4, -0.2) is 30.1 Å². The lowest BCUT2D eigenvalue weighted by molar-refractivity contribution is -0.143. The van der Waals surface area contributed by atoms with Crippen LogP contribution in [0.3, 0.4) is 0 Å². The van der Waals surface area contributed by atoms with Gasteiger partial charge in [0, 0.05) is 21.8 Å². The molecule has 0 saturated carbocycles. The number of methoxy groups -OCH3 is 1. The number of aryl methyl sites for hydroxylation is 2. The Kier molecular flexibility index (Phi) is 9.17. The number of carbonyl (C=O) groups excluding carboxylic acids is 2. The minimum absolute atomic E-state index is 0.0252. The third-order valence-electron chi connectivity index (χ3n) is 8.26. The van der Waals surface area contributed by atoms with Crippen molar-refractivity contribution in [3.05, 3.63) is 111 Å². The molecule has 2 atom stereocenters. The van der Waals surface area contributed by atoms with Gasteiger partial charge in [0.05, 0.1) is 36.4 Å². The molecule has 1 aliphatic heterocycles. The number of ether oxygens (including phenoxy) is 2. The summed E-state index contributed by atoms with van der Waals surface area (Å²) in [6, 6.07) is 14.1. The van der Waals surface area contributed by atoms with Gasteiger partial charge in [-0.15, -0.1) is 0 Å². The van der Waals surface area contributed by atoms with Crippen LogP contribution in [0.5, 0.6) is 0 Å². The molecule has 0 radical (unpaired) electrons. The van der Waals surface area contributed by atoms with E-state index >= 15 is 0 Å². The van der Waals surface area contributed by atoms with Gasteiger partial charge in [-0.05, 0) is 103 Å². The first kappa shape index (κ1) is 34.6. The van der Waals surface area contributed by atoms with E-state index in [1.807, 2.05) is 13.0 Å². The highest BCUT2D eigenvalue weighted by Gasteiger charge is 2.43. The average Bonchev–Trinajstić information content (AvgIpc) is 3.28. The fourth-order valence-electron chi connectivity index (χ4n) is 5.95. The zero-order valence-corrected chi connectivity index (χ0v) is 26.8. The van der Waals surface area contributed by atoms with Crippen LogP contribution in [0.1, 0.15) is 56.8 Å². The lowest BCUT2D eigenvalue weighted by atomic mass is 9.91. The molecule has 2 N–H and O–H groups in total. The first-order valence-corrected chi connectivity index (χ1v) is 14.9. The van der Waals surface area contributed by atoms with E-state index < -0.39 is 53.3 Å². The molecule has 0 spiro atoms. The van der Waals surface area contributed by atoms with Crippen LogP contribution in [0.4, 0.5) is 36.8 Å². The fraction of sp³-hybridized carbons (Fsp3) is 0.257.